The number of amides is 2. The number of rotatable bonds is 7. The Labute approximate surface area is 168 Å². The first-order valence-electron chi connectivity index (χ1n) is 9.21. The van der Waals surface area contributed by atoms with Crippen LogP contribution in [0.15, 0.2) is 48.7 Å². The zero-order valence-electron chi connectivity index (χ0n) is 16.3. The molecule has 8 heteroatoms. The molecule has 0 aliphatic heterocycles. The van der Waals surface area contributed by atoms with Crippen LogP contribution >= 0.6 is 0 Å². The van der Waals surface area contributed by atoms with E-state index in [1.807, 2.05) is 25.1 Å². The third-order valence-corrected chi connectivity index (χ3v) is 4.33. The molecule has 0 bridgehead atoms. The number of nitriles is 1. The van der Waals surface area contributed by atoms with Crippen LogP contribution in [-0.4, -0.2) is 53.3 Å². The maximum atomic E-state index is 12.8. The van der Waals surface area contributed by atoms with E-state index in [2.05, 4.69) is 15.6 Å². The van der Waals surface area contributed by atoms with Crippen LogP contribution in [-0.2, 0) is 0 Å². The first kappa shape index (κ1) is 20.0. The zero-order chi connectivity index (χ0) is 20.8. The fourth-order valence-electron chi connectivity index (χ4n) is 2.91. The van der Waals surface area contributed by atoms with Crippen LogP contribution in [0.3, 0.4) is 0 Å². The van der Waals surface area contributed by atoms with Gasteiger partial charge in [-0.2, -0.15) is 5.26 Å². The lowest BCUT2D eigenvalue weighted by molar-refractivity contribution is 0.0941. The number of aromatic nitrogens is 2. The second kappa shape index (κ2) is 8.99. The van der Waals surface area contributed by atoms with Gasteiger partial charge in [0.05, 0.1) is 16.8 Å². The molecule has 3 aromatic rings. The van der Waals surface area contributed by atoms with Crippen molar-refractivity contribution in [3.05, 3.63) is 65.7 Å². The molecule has 0 saturated carbocycles. The summed E-state index contributed by atoms with van der Waals surface area (Å²) < 4.78 is 1.59. The van der Waals surface area contributed by atoms with E-state index in [4.69, 9.17) is 0 Å². The van der Waals surface area contributed by atoms with Gasteiger partial charge in [0.1, 0.15) is 6.07 Å². The number of anilines is 1. The molecule has 0 radical (unpaired) electrons. The van der Waals surface area contributed by atoms with Crippen LogP contribution in [0.2, 0.25) is 0 Å². The van der Waals surface area contributed by atoms with Gasteiger partial charge in [0.15, 0.2) is 5.69 Å². The quantitative estimate of drug-likeness (QED) is 0.602. The summed E-state index contributed by atoms with van der Waals surface area (Å²) in [5, 5.41) is 14.8. The van der Waals surface area contributed by atoms with Gasteiger partial charge in [-0.1, -0.05) is 18.2 Å². The molecule has 2 N–H and O–H groups in total. The number of pyridine rings is 1. The Morgan fingerprint density at radius 1 is 1.14 bits per heavy atom. The number of benzene rings is 1. The predicted octanol–water partition coefficient (Wildman–Crippen LogP) is 2.14. The summed E-state index contributed by atoms with van der Waals surface area (Å²) in [5.41, 5.74) is 1.38. The van der Waals surface area contributed by atoms with E-state index in [1.165, 1.54) is 0 Å². The lowest BCUT2D eigenvalue weighted by Crippen LogP contribution is -2.28. The van der Waals surface area contributed by atoms with Gasteiger partial charge in [-0.3, -0.25) is 14.0 Å². The van der Waals surface area contributed by atoms with Gasteiger partial charge in [0, 0.05) is 12.7 Å². The number of nitrogens with zero attached hydrogens (tertiary/aromatic N) is 4. The molecule has 2 aromatic heterocycles. The molecule has 0 fully saturated rings. The van der Waals surface area contributed by atoms with Gasteiger partial charge in [0.25, 0.3) is 11.8 Å². The zero-order valence-corrected chi connectivity index (χ0v) is 16.3. The smallest absolute Gasteiger partial charge is 0.287 e. The van der Waals surface area contributed by atoms with E-state index < -0.39 is 5.91 Å². The van der Waals surface area contributed by atoms with Gasteiger partial charge in [-0.15, -0.1) is 0 Å². The van der Waals surface area contributed by atoms with Crippen molar-refractivity contribution in [2.75, 3.05) is 32.5 Å². The van der Waals surface area contributed by atoms with E-state index in [0.29, 0.717) is 23.3 Å². The van der Waals surface area contributed by atoms with Crippen molar-refractivity contribution in [1.29, 1.82) is 5.26 Å². The molecule has 0 saturated heterocycles. The monoisotopic (exact) mass is 390 g/mol. The van der Waals surface area contributed by atoms with Crippen molar-refractivity contribution >= 4 is 23.0 Å². The van der Waals surface area contributed by atoms with Crippen molar-refractivity contribution in [3.63, 3.8) is 0 Å². The minimum Gasteiger partial charge on any atom is -0.349 e. The molecule has 2 amide bonds. The van der Waals surface area contributed by atoms with Crippen molar-refractivity contribution < 1.29 is 9.59 Å². The minimum absolute atomic E-state index is 0.122. The minimum atomic E-state index is -0.483. The molecule has 8 nitrogen and oxygen atoms in total. The van der Waals surface area contributed by atoms with Crippen molar-refractivity contribution in [1.82, 2.24) is 19.6 Å². The summed E-state index contributed by atoms with van der Waals surface area (Å²) in [7, 11) is 3.94. The van der Waals surface area contributed by atoms with Crippen molar-refractivity contribution in [3.8, 4) is 6.07 Å². The summed E-state index contributed by atoms with van der Waals surface area (Å²) in [6.07, 6.45) is 2.50. The van der Waals surface area contributed by atoms with Gasteiger partial charge >= 0.3 is 0 Å². The molecule has 0 aliphatic rings. The fraction of sp³-hybridized carbons (Fsp3) is 0.238. The molecule has 2 heterocycles. The molecule has 148 valence electrons. The predicted molar refractivity (Wildman–Crippen MR) is 110 cm³/mol. The number of para-hydroxylation sites is 1. The Bertz CT molecular complexity index is 1080. The van der Waals surface area contributed by atoms with Crippen LogP contribution in [0.25, 0.3) is 5.52 Å². The number of carbonyl (C=O) groups excluding carboxylic acids is 2. The molecular formula is C21H22N6O2. The summed E-state index contributed by atoms with van der Waals surface area (Å²) in [6.45, 7) is 1.37. The summed E-state index contributed by atoms with van der Waals surface area (Å²) in [5.74, 6) is -0.686. The average Bonchev–Trinajstić information content (AvgIpc) is 3.11. The van der Waals surface area contributed by atoms with Crippen molar-refractivity contribution in [2.24, 2.45) is 0 Å². The standard InChI is InChI=1S/C21H22N6O2/c1-26(2)12-7-11-23-21(29)19-25-18(17-10-5-6-13-27(17)19)20(28)24-16-9-4-3-8-15(16)14-22/h3-6,8-10,13H,7,11-12H2,1-2H3,(H,23,29)(H,24,28). The van der Waals surface area contributed by atoms with E-state index >= 15 is 0 Å². The molecule has 29 heavy (non-hydrogen) atoms. The second-order valence-corrected chi connectivity index (χ2v) is 6.76. The molecule has 0 spiro atoms. The van der Waals surface area contributed by atoms with Gasteiger partial charge in [-0.25, -0.2) is 4.98 Å². The average molecular weight is 390 g/mol. The molecule has 0 unspecified atom stereocenters. The Kier molecular flexibility index (Phi) is 6.22. The molecule has 0 aliphatic carbocycles. The first-order chi connectivity index (χ1) is 14.0. The van der Waals surface area contributed by atoms with Crippen molar-refractivity contribution in [2.45, 2.75) is 6.42 Å². The van der Waals surface area contributed by atoms with E-state index in [9.17, 15) is 14.9 Å². The van der Waals surface area contributed by atoms with Crippen LogP contribution in [0.5, 0.6) is 0 Å². The number of hydrogen-bond acceptors (Lipinski definition) is 5. The first-order valence-corrected chi connectivity index (χ1v) is 9.21. The van der Waals surface area contributed by atoms with Gasteiger partial charge in [0.2, 0.25) is 5.82 Å². The largest absolute Gasteiger partial charge is 0.349 e. The Hall–Kier alpha value is -3.70. The number of carbonyl (C=O) groups is 2. The van der Waals surface area contributed by atoms with E-state index in [0.717, 1.165) is 13.0 Å². The number of hydrogen-bond donors (Lipinski definition) is 2. The van der Waals surface area contributed by atoms with Crippen LogP contribution in [0, 0.1) is 11.3 Å². The highest BCUT2D eigenvalue weighted by molar-refractivity contribution is 6.09. The highest BCUT2D eigenvalue weighted by atomic mass is 16.2. The van der Waals surface area contributed by atoms with E-state index in [1.54, 1.807) is 53.1 Å². The van der Waals surface area contributed by atoms with Crippen LogP contribution in [0.4, 0.5) is 5.69 Å². The third-order valence-electron chi connectivity index (χ3n) is 4.33. The lowest BCUT2D eigenvalue weighted by atomic mass is 10.2. The lowest BCUT2D eigenvalue weighted by Gasteiger charge is -2.09. The van der Waals surface area contributed by atoms with Crippen LogP contribution in [0.1, 0.15) is 33.1 Å². The fourth-order valence-corrected chi connectivity index (χ4v) is 2.91. The number of fused-ring (bicyclic) bond motifs is 1. The van der Waals surface area contributed by atoms with Gasteiger partial charge in [-0.05, 0) is 51.3 Å². The second-order valence-electron chi connectivity index (χ2n) is 6.76. The molecule has 3 rings (SSSR count). The summed E-state index contributed by atoms with van der Waals surface area (Å²) in [6, 6.07) is 14.0. The number of nitrogens with one attached hydrogen (secondary N) is 2. The normalized spacial score (nSPS) is 10.7. The highest BCUT2D eigenvalue weighted by Gasteiger charge is 2.21. The summed E-state index contributed by atoms with van der Waals surface area (Å²) in [4.78, 5) is 31.8. The topological polar surface area (TPSA) is 103 Å². The maximum absolute atomic E-state index is 12.8. The molecular weight excluding hydrogens is 368 g/mol. The number of imidazole rings is 1. The Morgan fingerprint density at radius 3 is 2.66 bits per heavy atom. The van der Waals surface area contributed by atoms with E-state index in [-0.39, 0.29) is 17.4 Å². The molecule has 1 aromatic carbocycles. The summed E-state index contributed by atoms with van der Waals surface area (Å²) >= 11 is 0. The highest BCUT2D eigenvalue weighted by Crippen LogP contribution is 2.18. The van der Waals surface area contributed by atoms with Gasteiger partial charge < -0.3 is 15.5 Å². The maximum Gasteiger partial charge on any atom is 0.287 e. The SMILES string of the molecule is CN(C)CCCNC(=O)c1nc(C(=O)Nc2ccccc2C#N)c2ccccn12. The molecule has 0 atom stereocenters. The van der Waals surface area contributed by atoms with Crippen LogP contribution < -0.4 is 10.6 Å². The Morgan fingerprint density at radius 2 is 1.90 bits per heavy atom. The third kappa shape index (κ3) is 4.59. The Balaban J connectivity index is 1.85.